The number of ether oxygens (including phenoxy) is 1. The van der Waals surface area contributed by atoms with Crippen molar-refractivity contribution in [1.29, 1.82) is 0 Å². The zero-order valence-electron chi connectivity index (χ0n) is 20.0. The van der Waals surface area contributed by atoms with Gasteiger partial charge >= 0.3 is 0 Å². The van der Waals surface area contributed by atoms with E-state index in [9.17, 15) is 13.2 Å². The molecule has 0 bridgehead atoms. The van der Waals surface area contributed by atoms with Crippen LogP contribution in [-0.4, -0.2) is 39.8 Å². The van der Waals surface area contributed by atoms with Crippen LogP contribution in [0, 0.1) is 0 Å². The molecular formula is C25H36N2O4S. The maximum absolute atomic E-state index is 12.4. The van der Waals surface area contributed by atoms with Gasteiger partial charge in [-0.2, -0.15) is 0 Å². The van der Waals surface area contributed by atoms with Crippen LogP contribution in [0.2, 0.25) is 0 Å². The van der Waals surface area contributed by atoms with Gasteiger partial charge in [0.15, 0.2) is 0 Å². The number of amides is 1. The second kappa shape index (κ2) is 10.9. The molecule has 0 atom stereocenters. The second-order valence-electron chi connectivity index (χ2n) is 9.33. The minimum atomic E-state index is -3.59. The lowest BCUT2D eigenvalue weighted by molar-refractivity contribution is -0.119. The van der Waals surface area contributed by atoms with Crippen molar-refractivity contribution in [2.75, 3.05) is 23.7 Å². The Balaban J connectivity index is 1.92. The average molecular weight is 461 g/mol. The van der Waals surface area contributed by atoms with Crippen molar-refractivity contribution < 1.29 is 17.9 Å². The lowest BCUT2D eigenvalue weighted by Crippen LogP contribution is -2.40. The van der Waals surface area contributed by atoms with Crippen molar-refractivity contribution in [3.63, 3.8) is 0 Å². The number of nitrogens with one attached hydrogen (secondary N) is 1. The molecule has 176 valence electrons. The summed E-state index contributed by atoms with van der Waals surface area (Å²) in [4.78, 5) is 12.4. The van der Waals surface area contributed by atoms with E-state index >= 15 is 0 Å². The first-order valence-electron chi connectivity index (χ1n) is 11.0. The summed E-state index contributed by atoms with van der Waals surface area (Å²) in [5.74, 6) is 0.509. The van der Waals surface area contributed by atoms with E-state index in [1.165, 1.54) is 0 Å². The highest BCUT2D eigenvalue weighted by Gasteiger charge is 2.21. The Morgan fingerprint density at radius 3 is 2.31 bits per heavy atom. The zero-order chi connectivity index (χ0) is 23.9. The SMILES string of the molecule is CC(C)Oc1cccc(CCCNC(=O)CN(c2ccc(C(C)(C)C)cc2)S(C)(=O)=O)c1. The number of nitrogens with zero attached hydrogens (tertiary/aromatic N) is 1. The van der Waals surface area contributed by atoms with Crippen molar-refractivity contribution in [3.8, 4) is 5.75 Å². The van der Waals surface area contributed by atoms with Gasteiger partial charge < -0.3 is 10.1 Å². The van der Waals surface area contributed by atoms with E-state index in [1.54, 1.807) is 12.1 Å². The van der Waals surface area contributed by atoms with Crippen LogP contribution in [0.3, 0.4) is 0 Å². The molecule has 0 saturated heterocycles. The van der Waals surface area contributed by atoms with Gasteiger partial charge in [-0.15, -0.1) is 0 Å². The summed E-state index contributed by atoms with van der Waals surface area (Å²) < 4.78 is 31.5. The molecule has 0 spiro atoms. The molecular weight excluding hydrogens is 424 g/mol. The van der Waals surface area contributed by atoms with Crippen LogP contribution >= 0.6 is 0 Å². The first-order chi connectivity index (χ1) is 14.9. The molecule has 32 heavy (non-hydrogen) atoms. The normalized spacial score (nSPS) is 12.0. The van der Waals surface area contributed by atoms with Gasteiger partial charge in [-0.1, -0.05) is 45.0 Å². The van der Waals surface area contributed by atoms with Crippen LogP contribution < -0.4 is 14.4 Å². The lowest BCUT2D eigenvalue weighted by Gasteiger charge is -2.24. The van der Waals surface area contributed by atoms with E-state index in [1.807, 2.05) is 50.2 Å². The molecule has 2 aromatic rings. The highest BCUT2D eigenvalue weighted by Crippen LogP contribution is 2.25. The Bertz CT molecular complexity index is 993. The van der Waals surface area contributed by atoms with Gasteiger partial charge in [0.25, 0.3) is 0 Å². The van der Waals surface area contributed by atoms with E-state index < -0.39 is 10.0 Å². The van der Waals surface area contributed by atoms with E-state index in [2.05, 4.69) is 26.1 Å². The van der Waals surface area contributed by atoms with E-state index in [4.69, 9.17) is 4.74 Å². The fourth-order valence-corrected chi connectivity index (χ4v) is 4.14. The van der Waals surface area contributed by atoms with Gasteiger partial charge in [0.2, 0.25) is 15.9 Å². The Morgan fingerprint density at radius 1 is 1.09 bits per heavy atom. The van der Waals surface area contributed by atoms with Crippen molar-refractivity contribution >= 4 is 21.6 Å². The highest BCUT2D eigenvalue weighted by molar-refractivity contribution is 7.92. The van der Waals surface area contributed by atoms with Crippen LogP contribution in [0.25, 0.3) is 0 Å². The smallest absolute Gasteiger partial charge is 0.240 e. The summed E-state index contributed by atoms with van der Waals surface area (Å²) >= 11 is 0. The number of benzene rings is 2. The van der Waals surface area contributed by atoms with Gasteiger partial charge in [0.1, 0.15) is 12.3 Å². The molecule has 0 fully saturated rings. The molecule has 2 rings (SSSR count). The molecule has 0 aliphatic rings. The number of anilines is 1. The topological polar surface area (TPSA) is 75.7 Å². The van der Waals surface area contributed by atoms with Crippen molar-refractivity contribution in [3.05, 3.63) is 59.7 Å². The zero-order valence-corrected chi connectivity index (χ0v) is 20.8. The molecule has 0 saturated carbocycles. The van der Waals surface area contributed by atoms with E-state index in [0.29, 0.717) is 12.2 Å². The number of hydrogen-bond acceptors (Lipinski definition) is 4. The molecule has 1 N–H and O–H groups in total. The maximum atomic E-state index is 12.4. The lowest BCUT2D eigenvalue weighted by atomic mass is 9.87. The van der Waals surface area contributed by atoms with Crippen molar-refractivity contribution in [2.24, 2.45) is 0 Å². The van der Waals surface area contributed by atoms with Crippen LogP contribution in [0.15, 0.2) is 48.5 Å². The van der Waals surface area contributed by atoms with Gasteiger partial charge in [0.05, 0.1) is 18.0 Å². The van der Waals surface area contributed by atoms with Gasteiger partial charge in [0, 0.05) is 6.54 Å². The number of rotatable bonds is 10. The molecule has 7 heteroatoms. The third-order valence-corrected chi connectivity index (χ3v) is 6.08. The largest absolute Gasteiger partial charge is 0.491 e. The molecule has 2 aromatic carbocycles. The molecule has 0 aromatic heterocycles. The molecule has 0 aliphatic heterocycles. The molecule has 0 heterocycles. The monoisotopic (exact) mass is 460 g/mol. The average Bonchev–Trinajstić information content (AvgIpc) is 2.68. The molecule has 1 amide bonds. The van der Waals surface area contributed by atoms with Crippen LogP contribution in [0.4, 0.5) is 5.69 Å². The van der Waals surface area contributed by atoms with Crippen molar-refractivity contribution in [2.45, 2.75) is 59.0 Å². The minimum absolute atomic E-state index is 0.0355. The Labute approximate surface area is 193 Å². The van der Waals surface area contributed by atoms with Gasteiger partial charge in [-0.3, -0.25) is 9.10 Å². The Kier molecular flexibility index (Phi) is 8.73. The summed E-state index contributed by atoms with van der Waals surface area (Å²) in [5.41, 5.74) is 2.68. The summed E-state index contributed by atoms with van der Waals surface area (Å²) in [5, 5.41) is 2.83. The minimum Gasteiger partial charge on any atom is -0.491 e. The van der Waals surface area contributed by atoms with Crippen molar-refractivity contribution in [1.82, 2.24) is 5.32 Å². The predicted octanol–water partition coefficient (Wildman–Crippen LogP) is 4.29. The number of sulfonamides is 1. The molecule has 0 aliphatic carbocycles. The third-order valence-electron chi connectivity index (χ3n) is 4.94. The van der Waals surface area contributed by atoms with Gasteiger partial charge in [-0.05, 0) is 67.5 Å². The fourth-order valence-electron chi connectivity index (χ4n) is 3.28. The Hall–Kier alpha value is -2.54. The van der Waals surface area contributed by atoms with Crippen LogP contribution in [-0.2, 0) is 26.7 Å². The summed E-state index contributed by atoms with van der Waals surface area (Å²) in [6.45, 7) is 10.5. The summed E-state index contributed by atoms with van der Waals surface area (Å²) in [7, 11) is -3.59. The summed E-state index contributed by atoms with van der Waals surface area (Å²) in [6.07, 6.45) is 2.77. The van der Waals surface area contributed by atoms with Crippen LogP contribution in [0.5, 0.6) is 5.75 Å². The number of hydrogen-bond donors (Lipinski definition) is 1. The van der Waals surface area contributed by atoms with E-state index in [-0.39, 0.29) is 24.0 Å². The quantitative estimate of drug-likeness (QED) is 0.537. The fraction of sp³-hybridized carbons (Fsp3) is 0.480. The first-order valence-corrected chi connectivity index (χ1v) is 12.8. The van der Waals surface area contributed by atoms with Crippen LogP contribution in [0.1, 0.15) is 52.2 Å². The van der Waals surface area contributed by atoms with E-state index in [0.717, 1.165) is 40.3 Å². The number of carbonyl (C=O) groups excluding carboxylic acids is 1. The standard InChI is InChI=1S/C25H36N2O4S/c1-19(2)31-23-11-7-9-20(17-23)10-8-16-26-24(28)18-27(32(6,29)30)22-14-12-21(13-15-22)25(3,4)5/h7,9,11-15,17,19H,8,10,16,18H2,1-6H3,(H,26,28). The highest BCUT2D eigenvalue weighted by atomic mass is 32.2. The summed E-state index contributed by atoms with van der Waals surface area (Å²) in [6, 6.07) is 15.2. The predicted molar refractivity (Wildman–Crippen MR) is 131 cm³/mol. The molecule has 6 nitrogen and oxygen atoms in total. The maximum Gasteiger partial charge on any atom is 0.240 e. The third kappa shape index (κ3) is 8.19. The second-order valence-corrected chi connectivity index (χ2v) is 11.2. The number of aryl methyl sites for hydroxylation is 1. The molecule has 0 unspecified atom stereocenters. The van der Waals surface area contributed by atoms with Gasteiger partial charge in [-0.25, -0.2) is 8.42 Å². The first kappa shape index (κ1) is 25.7. The molecule has 0 radical (unpaired) electrons. The number of carbonyl (C=O) groups is 1. The Morgan fingerprint density at radius 2 is 1.75 bits per heavy atom.